The highest BCUT2D eigenvalue weighted by Gasteiger charge is 2.37. The maximum atomic E-state index is 5.61. The van der Waals surface area contributed by atoms with Gasteiger partial charge in [0, 0.05) is 39.4 Å². The zero-order valence-electron chi connectivity index (χ0n) is 33.1. The molecule has 0 N–H and O–H groups in total. The molecule has 8 aromatic carbocycles. The van der Waals surface area contributed by atoms with Crippen molar-refractivity contribution in [3.05, 3.63) is 228 Å². The molecule has 0 spiro atoms. The summed E-state index contributed by atoms with van der Waals surface area (Å²) >= 11 is 0. The molecule has 2 heterocycles. The van der Waals surface area contributed by atoms with Gasteiger partial charge >= 0.3 is 0 Å². The molecule has 1 aliphatic heterocycles. The number of amidine groups is 1. The Bertz CT molecular complexity index is 3120. The number of hydrogen-bond acceptors (Lipinski definition) is 2. The SMILES string of the molecule is CC1(C)c2ccccc2-c2c(C3=NC(c4cc(-c5ccccc5)cc(-c5ccccc5)c4)=CCC(c4ccc5c(c4)c4ccccc4n5-c4ccccc4)=N3)cccc21. The second kappa shape index (κ2) is 13.9. The quantitative estimate of drug-likeness (QED) is 0.162. The van der Waals surface area contributed by atoms with Gasteiger partial charge in [-0.3, -0.25) is 0 Å². The lowest BCUT2D eigenvalue weighted by molar-refractivity contribution is 0.660. The minimum absolute atomic E-state index is 0.148. The van der Waals surface area contributed by atoms with Crippen LogP contribution in [0.25, 0.3) is 66.6 Å². The predicted octanol–water partition coefficient (Wildman–Crippen LogP) is 14.1. The van der Waals surface area contributed by atoms with Crippen molar-refractivity contribution in [2.45, 2.75) is 25.7 Å². The summed E-state index contributed by atoms with van der Waals surface area (Å²) in [7, 11) is 0. The van der Waals surface area contributed by atoms with Crippen LogP contribution in [0.2, 0.25) is 0 Å². The van der Waals surface area contributed by atoms with Crippen molar-refractivity contribution < 1.29 is 0 Å². The molecule has 9 aromatic rings. The van der Waals surface area contributed by atoms with E-state index in [0.29, 0.717) is 6.42 Å². The zero-order chi connectivity index (χ0) is 39.5. The normalized spacial score (nSPS) is 14.3. The number of benzene rings is 8. The summed E-state index contributed by atoms with van der Waals surface area (Å²) in [5.41, 5.74) is 18.2. The largest absolute Gasteiger partial charge is 0.309 e. The number of hydrogen-bond donors (Lipinski definition) is 0. The number of para-hydroxylation sites is 2. The zero-order valence-corrected chi connectivity index (χ0v) is 33.1. The summed E-state index contributed by atoms with van der Waals surface area (Å²) < 4.78 is 2.37. The van der Waals surface area contributed by atoms with E-state index in [1.165, 1.54) is 55.2 Å². The van der Waals surface area contributed by atoms with E-state index in [1.54, 1.807) is 0 Å². The first kappa shape index (κ1) is 34.9. The van der Waals surface area contributed by atoms with E-state index < -0.39 is 0 Å². The predicted molar refractivity (Wildman–Crippen MR) is 248 cm³/mol. The number of aromatic nitrogens is 1. The molecule has 0 saturated heterocycles. The Hall–Kier alpha value is -7.36. The maximum absolute atomic E-state index is 5.61. The highest BCUT2D eigenvalue weighted by molar-refractivity contribution is 6.20. The van der Waals surface area contributed by atoms with Crippen LogP contribution >= 0.6 is 0 Å². The highest BCUT2D eigenvalue weighted by Crippen LogP contribution is 2.50. The van der Waals surface area contributed by atoms with Crippen LogP contribution in [0.3, 0.4) is 0 Å². The molecule has 0 radical (unpaired) electrons. The Morgan fingerprint density at radius 1 is 0.441 bits per heavy atom. The Kier molecular flexibility index (Phi) is 8.23. The average molecular weight is 756 g/mol. The van der Waals surface area contributed by atoms with E-state index in [1.807, 2.05) is 0 Å². The molecule has 1 aromatic heterocycles. The fourth-order valence-electron chi connectivity index (χ4n) is 9.36. The topological polar surface area (TPSA) is 29.6 Å². The van der Waals surface area contributed by atoms with Crippen molar-refractivity contribution in [3.63, 3.8) is 0 Å². The van der Waals surface area contributed by atoms with Gasteiger partial charge in [-0.15, -0.1) is 0 Å². The van der Waals surface area contributed by atoms with E-state index in [9.17, 15) is 0 Å². The molecule has 0 atom stereocenters. The van der Waals surface area contributed by atoms with Gasteiger partial charge in [0.2, 0.25) is 0 Å². The fourth-order valence-corrected chi connectivity index (χ4v) is 9.36. The molecule has 0 saturated carbocycles. The van der Waals surface area contributed by atoms with E-state index in [0.717, 1.165) is 50.7 Å². The number of aliphatic imine (C=N–C) groups is 2. The van der Waals surface area contributed by atoms with Gasteiger partial charge in [0.1, 0.15) is 0 Å². The summed E-state index contributed by atoms with van der Waals surface area (Å²) in [4.78, 5) is 11.2. The highest BCUT2D eigenvalue weighted by atomic mass is 15.0. The van der Waals surface area contributed by atoms with Crippen molar-refractivity contribution in [2.24, 2.45) is 9.98 Å². The Balaban J connectivity index is 1.13. The third-order valence-corrected chi connectivity index (χ3v) is 12.3. The van der Waals surface area contributed by atoms with Crippen LogP contribution in [0.15, 0.2) is 210 Å². The van der Waals surface area contributed by atoms with Crippen LogP contribution in [-0.4, -0.2) is 16.1 Å². The van der Waals surface area contributed by atoms with Gasteiger partial charge in [-0.05, 0) is 98.6 Å². The van der Waals surface area contributed by atoms with Crippen molar-refractivity contribution in [2.75, 3.05) is 0 Å². The molecule has 0 amide bonds. The lowest BCUT2D eigenvalue weighted by Gasteiger charge is -2.21. The van der Waals surface area contributed by atoms with Crippen LogP contribution in [-0.2, 0) is 5.41 Å². The summed E-state index contributed by atoms with van der Waals surface area (Å²) in [5, 5.41) is 2.43. The van der Waals surface area contributed by atoms with E-state index in [-0.39, 0.29) is 5.41 Å². The van der Waals surface area contributed by atoms with Gasteiger partial charge in [-0.1, -0.05) is 166 Å². The number of fused-ring (bicyclic) bond motifs is 6. The fraction of sp³-hybridized carbons (Fsp3) is 0.0714. The van der Waals surface area contributed by atoms with E-state index in [4.69, 9.17) is 9.98 Å². The molecular formula is C56H41N3. The Labute approximate surface area is 345 Å². The minimum atomic E-state index is -0.148. The van der Waals surface area contributed by atoms with Crippen molar-refractivity contribution in [1.82, 2.24) is 4.57 Å². The second-order valence-electron chi connectivity index (χ2n) is 16.1. The van der Waals surface area contributed by atoms with Crippen LogP contribution in [0.1, 0.15) is 48.1 Å². The molecule has 0 unspecified atom stereocenters. The molecule has 11 rings (SSSR count). The first-order valence-corrected chi connectivity index (χ1v) is 20.5. The maximum Gasteiger partial charge on any atom is 0.160 e. The molecule has 280 valence electrons. The van der Waals surface area contributed by atoms with Gasteiger partial charge < -0.3 is 4.57 Å². The molecule has 59 heavy (non-hydrogen) atoms. The van der Waals surface area contributed by atoms with Crippen LogP contribution in [0.5, 0.6) is 0 Å². The number of rotatable bonds is 6. The molecule has 0 fully saturated rings. The van der Waals surface area contributed by atoms with Crippen molar-refractivity contribution in [3.8, 4) is 39.1 Å². The van der Waals surface area contributed by atoms with Crippen molar-refractivity contribution >= 4 is 39.1 Å². The standard InChI is InChI=1S/C56H41N3/c1-56(2)48-26-14-12-24-45(48)54-46(25-16-27-49(54)56)55-57-50(39-29-32-53-47(36-39)44-23-13-15-28-52(44)59(53)43-21-10-5-11-22-43)30-31-51(58-55)42-34-40(37-17-6-3-7-18-37)33-41(35-42)38-19-8-4-9-20-38/h3-29,31-36H,30H2,1-2H3. The minimum Gasteiger partial charge on any atom is -0.309 e. The monoisotopic (exact) mass is 755 g/mol. The van der Waals surface area contributed by atoms with Gasteiger partial charge in [-0.2, -0.15) is 0 Å². The van der Waals surface area contributed by atoms with Crippen LogP contribution in [0.4, 0.5) is 0 Å². The number of nitrogens with zero attached hydrogens (tertiary/aromatic N) is 3. The first-order chi connectivity index (χ1) is 29.0. The van der Waals surface area contributed by atoms with Gasteiger partial charge in [0.15, 0.2) is 5.84 Å². The second-order valence-corrected chi connectivity index (χ2v) is 16.1. The molecular weight excluding hydrogens is 715 g/mol. The summed E-state index contributed by atoms with van der Waals surface area (Å²) in [6, 6.07) is 69.9. The van der Waals surface area contributed by atoms with Crippen molar-refractivity contribution in [1.29, 1.82) is 0 Å². The Morgan fingerprint density at radius 2 is 1.03 bits per heavy atom. The molecule has 3 heteroatoms. The average Bonchev–Trinajstić information content (AvgIpc) is 3.62. The third-order valence-electron chi connectivity index (χ3n) is 12.3. The summed E-state index contributed by atoms with van der Waals surface area (Å²) in [6.07, 6.45) is 2.90. The summed E-state index contributed by atoms with van der Waals surface area (Å²) in [6.45, 7) is 4.66. The van der Waals surface area contributed by atoms with Gasteiger partial charge in [0.05, 0.1) is 22.4 Å². The van der Waals surface area contributed by atoms with E-state index in [2.05, 4.69) is 219 Å². The molecule has 3 nitrogen and oxygen atoms in total. The van der Waals surface area contributed by atoms with Crippen LogP contribution < -0.4 is 0 Å². The first-order valence-electron chi connectivity index (χ1n) is 20.5. The number of allylic oxidation sites excluding steroid dienone is 1. The van der Waals surface area contributed by atoms with E-state index >= 15 is 0 Å². The lowest BCUT2D eigenvalue weighted by Crippen LogP contribution is -2.15. The Morgan fingerprint density at radius 3 is 1.78 bits per heavy atom. The third kappa shape index (κ3) is 5.89. The molecule has 0 bridgehead atoms. The molecule has 1 aliphatic carbocycles. The molecule has 2 aliphatic rings. The van der Waals surface area contributed by atoms with Crippen LogP contribution in [0, 0.1) is 0 Å². The summed E-state index contributed by atoms with van der Waals surface area (Å²) in [5.74, 6) is 0.728. The van der Waals surface area contributed by atoms with Gasteiger partial charge in [-0.25, -0.2) is 9.98 Å². The lowest BCUT2D eigenvalue weighted by atomic mass is 9.82. The van der Waals surface area contributed by atoms with Gasteiger partial charge in [0.25, 0.3) is 0 Å². The smallest absolute Gasteiger partial charge is 0.160 e.